The molecule has 15 aromatic rings. The lowest BCUT2D eigenvalue weighted by Crippen LogP contribution is -1.99. The molecule has 33 nitrogen and oxygen atoms in total. The number of rotatable bonds is 31. The van der Waals surface area contributed by atoms with Crippen molar-refractivity contribution in [1.29, 1.82) is 5.26 Å². The Morgan fingerprint density at radius 1 is 0.246 bits per heavy atom. The van der Waals surface area contributed by atoms with E-state index < -0.39 is 53.7 Å². The Kier molecular flexibility index (Phi) is 36.5. The molecule has 11 N–H and O–H groups in total. The van der Waals surface area contributed by atoms with Crippen LogP contribution in [0.2, 0.25) is 0 Å². The number of methoxy groups -OCH3 is 1. The largest absolute Gasteiger partial charge is 0.497 e. The Morgan fingerprint density at radius 3 is 0.718 bits per heavy atom. The van der Waals surface area contributed by atoms with Crippen molar-refractivity contribution >= 4 is 114 Å². The Hall–Kier alpha value is -20.1. The van der Waals surface area contributed by atoms with E-state index in [1.165, 1.54) is 79.9 Å². The summed E-state index contributed by atoms with van der Waals surface area (Å²) in [6.07, 6.45) is 0. The summed E-state index contributed by atoms with van der Waals surface area (Å²) in [7, 11) is 1.39. The maximum atomic E-state index is 11.3. The average Bonchev–Trinajstić information content (AvgIpc) is 0.759. The summed E-state index contributed by atoms with van der Waals surface area (Å²) >= 11 is 3.09. The van der Waals surface area contributed by atoms with E-state index in [9.17, 15) is 103 Å². The number of carboxylic acids is 9. The number of nitrogens with two attached hydrogens (primary N) is 1. The number of hydrogen-bond acceptors (Lipinski definition) is 24. The van der Waals surface area contributed by atoms with Gasteiger partial charge in [0.15, 0.2) is 0 Å². The number of carbonyl (C=O) groups is 15. The average molecular weight is 1980 g/mol. The van der Waals surface area contributed by atoms with Crippen LogP contribution in [0.15, 0.2) is 320 Å². The first-order chi connectivity index (χ1) is 68.1. The summed E-state index contributed by atoms with van der Waals surface area (Å²) in [4.78, 5) is 161. The van der Waals surface area contributed by atoms with E-state index >= 15 is 0 Å². The fraction of sp³-hybridized carbons (Fsp3) is 0.0185. The molecule has 0 aliphatic rings. The van der Waals surface area contributed by atoms with Crippen molar-refractivity contribution in [3.8, 4) is 146 Å². The molecule has 15 rings (SSSR count). The van der Waals surface area contributed by atoms with Gasteiger partial charge in [-0.25, -0.2) is 43.2 Å². The number of halogens is 1. The fourth-order valence-corrected chi connectivity index (χ4v) is 14.2. The number of carboxylic acid groups (broad SMARTS) is 9. The normalized spacial score (nSPS) is 10.1. The number of benzene rings is 15. The summed E-state index contributed by atoms with van der Waals surface area (Å²) in [6, 6.07) is 87.8. The number of nitrogens with zero attached hydrogens (tertiary/aromatic N) is 1. The van der Waals surface area contributed by atoms with Crippen molar-refractivity contribution in [3.05, 3.63) is 381 Å². The van der Waals surface area contributed by atoms with Crippen molar-refractivity contribution in [3.63, 3.8) is 0 Å². The number of hydrogen-bond donors (Lipinski definition) is 10. The van der Waals surface area contributed by atoms with Gasteiger partial charge in [-0.2, -0.15) is 5.26 Å². The van der Waals surface area contributed by atoms with Crippen molar-refractivity contribution in [2.45, 2.75) is 6.92 Å². The first-order valence-corrected chi connectivity index (χ1v) is 41.9. The molecule has 0 aliphatic carbocycles. The van der Waals surface area contributed by atoms with Crippen LogP contribution in [-0.4, -0.2) is 146 Å². The van der Waals surface area contributed by atoms with Crippen molar-refractivity contribution < 1.29 is 151 Å². The summed E-state index contributed by atoms with van der Waals surface area (Å²) in [5.41, 5.74) is 24.3. The van der Waals surface area contributed by atoms with Gasteiger partial charge >= 0.3 is 53.7 Å². The summed E-state index contributed by atoms with van der Waals surface area (Å²) < 4.78 is 33.5. The van der Waals surface area contributed by atoms with Gasteiger partial charge in [0.05, 0.1) is 68.8 Å². The van der Waals surface area contributed by atoms with Gasteiger partial charge in [-0.1, -0.05) is 125 Å². The zero-order valence-electron chi connectivity index (χ0n) is 73.9. The van der Waals surface area contributed by atoms with Gasteiger partial charge in [0.2, 0.25) is 0 Å². The minimum absolute atomic E-state index is 0.00111. The molecular weight excluding hydrogens is 1900 g/mol. The van der Waals surface area contributed by atoms with Crippen LogP contribution >= 0.6 is 15.9 Å². The molecule has 0 radical (unpaired) electrons. The van der Waals surface area contributed by atoms with E-state index in [0.717, 1.165) is 101 Å². The Bertz CT molecular complexity index is 6840. The molecule has 0 amide bonds. The smallest absolute Gasteiger partial charge is 0.335 e. The number of anilines is 1. The van der Waals surface area contributed by atoms with Crippen molar-refractivity contribution in [2.75, 3.05) is 12.8 Å². The number of nitriles is 1. The van der Waals surface area contributed by atoms with Gasteiger partial charge in [-0.3, -0.25) is 28.8 Å². The lowest BCUT2D eigenvalue weighted by atomic mass is 9.88. The second kappa shape index (κ2) is 49.8. The molecule has 0 fully saturated rings. The first kappa shape index (κ1) is 104. The maximum absolute atomic E-state index is 11.3. The predicted octanol–water partition coefficient (Wildman–Crippen LogP) is 20.2. The van der Waals surface area contributed by atoms with E-state index in [1.54, 1.807) is 176 Å². The van der Waals surface area contributed by atoms with Crippen LogP contribution in [0, 0.1) is 18.3 Å². The fourth-order valence-electron chi connectivity index (χ4n) is 13.7. The van der Waals surface area contributed by atoms with E-state index in [4.69, 9.17) is 45.3 Å². The predicted molar refractivity (Wildman–Crippen MR) is 518 cm³/mol. The summed E-state index contributed by atoms with van der Waals surface area (Å²) in [5, 5.41) is 89.8. The Balaban J connectivity index is 0.000000183. The van der Waals surface area contributed by atoms with Gasteiger partial charge in [0, 0.05) is 27.4 Å². The number of ether oxygens (including phenoxy) is 7. The summed E-state index contributed by atoms with van der Waals surface area (Å²) in [6.45, 7) is 3.71. The van der Waals surface area contributed by atoms with Gasteiger partial charge in [-0.15, -0.1) is 0 Å². The molecule has 0 saturated carbocycles. The van der Waals surface area contributed by atoms with Crippen LogP contribution in [0.5, 0.6) is 40.2 Å². The molecule has 0 saturated heterocycles. The van der Waals surface area contributed by atoms with Gasteiger partial charge < -0.3 is 84.9 Å². The SMILES string of the molecule is COc1cc(OC=O)cc(C(=O)O)c1.Cc1c(-c2ccc(C(=O)O)cc2)cc(-c2ccc(OC=O)cc2)cc1-c1ccc(C(=O)O)cc1.N#Cc1cc(OC=O)cc(C(=O)O)c1.Nc1c(-c2ccc(C(=O)O)cc2)cc(-c2ccc(OC=O)cc2)cc1-c1ccc(C(=O)O)cc1.O=COc1cc(Br)cc(C(=O)O)c1.O=COc1ccc(-c2cc(-c3ccc(C(=O)O)cc3)cc(-c3ccc(C(=O)O)cc3)c2)cc1. The monoisotopic (exact) mass is 1970 g/mol. The number of nitrogen functional groups attached to an aromatic ring is 1. The lowest BCUT2D eigenvalue weighted by Gasteiger charge is -2.16. The van der Waals surface area contributed by atoms with Crippen molar-refractivity contribution in [2.24, 2.45) is 0 Å². The van der Waals surface area contributed by atoms with Crippen LogP contribution in [0.1, 0.15) is 104 Å². The number of carbonyl (C=O) groups excluding carboxylic acids is 6. The van der Waals surface area contributed by atoms with Crippen LogP contribution < -0.4 is 38.9 Å². The molecule has 0 unspecified atom stereocenters. The summed E-state index contributed by atoms with van der Waals surface area (Å²) in [5.74, 6) is -7.43. The first-order valence-electron chi connectivity index (χ1n) is 41.1. The second-order valence-corrected chi connectivity index (χ2v) is 30.4. The third kappa shape index (κ3) is 28.5. The van der Waals surface area contributed by atoms with Crippen LogP contribution in [0.3, 0.4) is 0 Å². The highest BCUT2D eigenvalue weighted by Gasteiger charge is 2.21. The molecule has 0 atom stereocenters. The molecule has 0 aromatic heterocycles. The minimum atomic E-state index is -1.18. The zero-order chi connectivity index (χ0) is 103. The van der Waals surface area contributed by atoms with E-state index in [1.807, 2.05) is 73.7 Å². The standard InChI is InChI=1S/C28H20O6.C27H19NO6.C27H18O6.C9H5NO4.C9H8O5.C8H5BrO4/c1-17-25(19-2-6-21(7-3-19)27(30)31)14-23(18-10-12-24(13-11-18)34-16-29)15-26(17)20-4-8-22(9-5-20)28(32)33;28-25-23(17-1-5-19(6-2-17)26(30)31)13-21(16-9-11-22(12-10-16)34-15-29)14-24(25)18-3-7-20(8-4-18)27(32)33;28-16-33-25-11-9-19(10-12-25)24-14-22(17-1-5-20(6-2-17)26(29)30)13-23(15-24)18-3-7-21(8-4-18)27(31)32;10-4-6-1-7(9(12)13)3-8(2-6)14-5-11;1-13-7-2-6(9(11)12)3-8(4-7)14-5-10;9-6-1-5(8(11)12)2-7(3-6)13-4-10/h2-16H,1H3,(H,30,31)(H,32,33);1-15H,28H2,(H,30,31)(H,32,33);1-16H,(H,29,30)(H,31,32);1-3,5H,(H,12,13);2-5H,1H3,(H,11,12);1-4H,(H,11,12). The van der Waals surface area contributed by atoms with Gasteiger partial charge in [0.1, 0.15) is 40.2 Å². The quantitative estimate of drug-likeness (QED) is 0.0142. The highest BCUT2D eigenvalue weighted by molar-refractivity contribution is 9.10. The topological polar surface area (TPSA) is 553 Å². The second-order valence-electron chi connectivity index (χ2n) is 29.5. The molecule has 0 heterocycles. The highest BCUT2D eigenvalue weighted by Crippen LogP contribution is 2.43. The van der Waals surface area contributed by atoms with Gasteiger partial charge in [0.25, 0.3) is 38.8 Å². The molecule has 0 spiro atoms. The van der Waals surface area contributed by atoms with Crippen LogP contribution in [0.25, 0.3) is 100 Å². The molecular formula is C108H75BrN2O31. The van der Waals surface area contributed by atoms with Crippen molar-refractivity contribution in [1.82, 2.24) is 0 Å². The Morgan fingerprint density at radius 2 is 0.458 bits per heavy atom. The third-order valence-corrected chi connectivity index (χ3v) is 21.1. The molecule has 710 valence electrons. The molecule has 0 bridgehead atoms. The van der Waals surface area contributed by atoms with Crippen LogP contribution in [-0.2, 0) is 28.8 Å². The van der Waals surface area contributed by atoms with Gasteiger partial charge in [-0.05, 0) is 302 Å². The number of aromatic carboxylic acids is 9. The minimum Gasteiger partial charge on any atom is -0.497 e. The maximum Gasteiger partial charge on any atom is 0.335 e. The lowest BCUT2D eigenvalue weighted by molar-refractivity contribution is -0.121. The molecule has 34 heteroatoms. The molecule has 0 aliphatic heterocycles. The zero-order valence-corrected chi connectivity index (χ0v) is 75.5. The van der Waals surface area contributed by atoms with E-state index in [-0.39, 0.29) is 92.3 Å². The van der Waals surface area contributed by atoms with E-state index in [2.05, 4.69) is 30.1 Å². The third-order valence-electron chi connectivity index (χ3n) is 20.7. The highest BCUT2D eigenvalue weighted by atomic mass is 79.9. The molecule has 15 aromatic carbocycles. The molecule has 142 heavy (non-hydrogen) atoms. The van der Waals surface area contributed by atoms with Crippen LogP contribution in [0.4, 0.5) is 5.69 Å². The van der Waals surface area contributed by atoms with E-state index in [0.29, 0.717) is 63.7 Å². The Labute approximate surface area is 813 Å².